The number of rotatable bonds is 2. The van der Waals surface area contributed by atoms with E-state index in [-0.39, 0.29) is 0 Å². The van der Waals surface area contributed by atoms with Gasteiger partial charge in [-0.15, -0.1) is 0 Å². The van der Waals surface area contributed by atoms with Crippen molar-refractivity contribution < 1.29 is 10.2 Å². The molecule has 2 rings (SSSR count). The molecule has 2 N–H and O–H groups in total. The van der Waals surface area contributed by atoms with Crippen LogP contribution in [0.15, 0.2) is 0 Å². The van der Waals surface area contributed by atoms with Gasteiger partial charge in [0.05, 0.1) is 28.6 Å². The molecule has 1 aromatic heterocycles. The lowest BCUT2D eigenvalue weighted by atomic mass is 10.3. The quantitative estimate of drug-likeness (QED) is 0.765. The van der Waals surface area contributed by atoms with Gasteiger partial charge in [0, 0.05) is 26.7 Å². The van der Waals surface area contributed by atoms with E-state index in [0.29, 0.717) is 24.7 Å². The van der Waals surface area contributed by atoms with Gasteiger partial charge in [-0.3, -0.25) is 9.58 Å². The molecule has 5 nitrogen and oxygen atoms in total. The number of aromatic nitrogens is 2. The van der Waals surface area contributed by atoms with Crippen LogP contribution in [0.3, 0.4) is 0 Å². The topological polar surface area (TPSA) is 61.5 Å². The first kappa shape index (κ1) is 11.9. The van der Waals surface area contributed by atoms with Gasteiger partial charge in [0.1, 0.15) is 0 Å². The predicted octanol–water partition coefficient (Wildman–Crippen LogP) is -0.0807. The van der Waals surface area contributed by atoms with Crippen molar-refractivity contribution in [1.82, 2.24) is 14.7 Å². The second-order valence-corrected chi connectivity index (χ2v) is 4.68. The summed E-state index contributed by atoms with van der Waals surface area (Å²) < 4.78 is 1.74. The summed E-state index contributed by atoms with van der Waals surface area (Å²) >= 11 is 6.13. The summed E-state index contributed by atoms with van der Waals surface area (Å²) in [5.74, 6) is 0. The van der Waals surface area contributed by atoms with Crippen LogP contribution in [0.1, 0.15) is 11.4 Å². The number of aliphatic hydroxyl groups excluding tert-OH is 2. The van der Waals surface area contributed by atoms with Gasteiger partial charge in [-0.05, 0) is 6.92 Å². The summed E-state index contributed by atoms with van der Waals surface area (Å²) in [6.45, 7) is 3.41. The molecular formula is C10H16ClN3O2. The van der Waals surface area contributed by atoms with E-state index in [1.165, 1.54) is 0 Å². The Morgan fingerprint density at radius 1 is 1.38 bits per heavy atom. The Morgan fingerprint density at radius 2 is 1.94 bits per heavy atom. The number of halogens is 1. The largest absolute Gasteiger partial charge is 0.389 e. The van der Waals surface area contributed by atoms with Gasteiger partial charge < -0.3 is 10.2 Å². The zero-order valence-corrected chi connectivity index (χ0v) is 10.1. The van der Waals surface area contributed by atoms with Gasteiger partial charge in [-0.1, -0.05) is 11.6 Å². The number of β-amino-alcohol motifs (C(OH)–C–C–N with tert-alkyl or cyclic N) is 2. The highest BCUT2D eigenvalue weighted by Crippen LogP contribution is 2.22. The number of nitrogens with zero attached hydrogens (tertiary/aromatic N) is 3. The van der Waals surface area contributed by atoms with E-state index in [1.807, 2.05) is 18.9 Å². The van der Waals surface area contributed by atoms with E-state index in [1.54, 1.807) is 4.68 Å². The Morgan fingerprint density at radius 3 is 2.38 bits per heavy atom. The van der Waals surface area contributed by atoms with Crippen molar-refractivity contribution in [3.8, 4) is 0 Å². The van der Waals surface area contributed by atoms with E-state index in [0.717, 1.165) is 11.4 Å². The van der Waals surface area contributed by atoms with Crippen LogP contribution in [0.25, 0.3) is 0 Å². The molecule has 2 heterocycles. The lowest BCUT2D eigenvalue weighted by Gasteiger charge is -2.14. The van der Waals surface area contributed by atoms with E-state index in [9.17, 15) is 10.2 Å². The summed E-state index contributed by atoms with van der Waals surface area (Å²) in [4.78, 5) is 1.97. The monoisotopic (exact) mass is 245 g/mol. The van der Waals surface area contributed by atoms with Crippen molar-refractivity contribution in [3.05, 3.63) is 16.4 Å². The molecule has 0 radical (unpaired) electrons. The van der Waals surface area contributed by atoms with Gasteiger partial charge in [-0.2, -0.15) is 5.10 Å². The Kier molecular flexibility index (Phi) is 3.21. The van der Waals surface area contributed by atoms with Crippen LogP contribution < -0.4 is 0 Å². The molecule has 0 saturated carbocycles. The normalized spacial score (nSPS) is 26.6. The first-order valence-corrected chi connectivity index (χ1v) is 5.63. The molecule has 90 valence electrons. The van der Waals surface area contributed by atoms with Crippen molar-refractivity contribution >= 4 is 11.6 Å². The summed E-state index contributed by atoms with van der Waals surface area (Å²) in [5.41, 5.74) is 1.72. The molecular weight excluding hydrogens is 230 g/mol. The van der Waals surface area contributed by atoms with Crippen molar-refractivity contribution in [2.45, 2.75) is 25.7 Å². The fourth-order valence-electron chi connectivity index (χ4n) is 2.04. The third kappa shape index (κ3) is 2.08. The smallest absolute Gasteiger partial charge is 0.0938 e. The molecule has 1 aromatic rings. The van der Waals surface area contributed by atoms with Crippen LogP contribution in [0.2, 0.25) is 5.02 Å². The van der Waals surface area contributed by atoms with Crippen LogP contribution in [0, 0.1) is 6.92 Å². The molecule has 0 amide bonds. The zero-order valence-electron chi connectivity index (χ0n) is 9.39. The zero-order chi connectivity index (χ0) is 11.9. The Bertz CT molecular complexity index is 384. The highest BCUT2D eigenvalue weighted by atomic mass is 35.5. The standard InChI is InChI=1S/C10H16ClN3O2/c1-6-10(11)7(13(2)12-6)3-14-4-8(15)9(16)5-14/h8-9,15-16H,3-5H2,1-2H3/t8-,9+. The van der Waals surface area contributed by atoms with Gasteiger partial charge >= 0.3 is 0 Å². The summed E-state index contributed by atoms with van der Waals surface area (Å²) in [6.07, 6.45) is -1.32. The second-order valence-electron chi connectivity index (χ2n) is 4.30. The minimum atomic E-state index is -0.659. The molecule has 2 atom stereocenters. The van der Waals surface area contributed by atoms with E-state index < -0.39 is 12.2 Å². The lowest BCUT2D eigenvalue weighted by molar-refractivity contribution is 0.0572. The van der Waals surface area contributed by atoms with E-state index in [2.05, 4.69) is 5.10 Å². The number of hydrogen-bond acceptors (Lipinski definition) is 4. The van der Waals surface area contributed by atoms with Crippen LogP contribution in [0.5, 0.6) is 0 Å². The van der Waals surface area contributed by atoms with Gasteiger partial charge in [0.25, 0.3) is 0 Å². The number of hydrogen-bond donors (Lipinski definition) is 2. The molecule has 6 heteroatoms. The van der Waals surface area contributed by atoms with Crippen LogP contribution in [-0.4, -0.2) is 50.2 Å². The van der Waals surface area contributed by atoms with Crippen molar-refractivity contribution in [2.75, 3.05) is 13.1 Å². The molecule has 1 aliphatic rings. The maximum absolute atomic E-state index is 9.44. The summed E-state index contributed by atoms with van der Waals surface area (Å²) in [5, 5.41) is 23.8. The van der Waals surface area contributed by atoms with Crippen molar-refractivity contribution in [2.24, 2.45) is 7.05 Å². The van der Waals surface area contributed by atoms with Crippen molar-refractivity contribution in [3.63, 3.8) is 0 Å². The average molecular weight is 246 g/mol. The molecule has 0 unspecified atom stereocenters. The predicted molar refractivity (Wildman–Crippen MR) is 60.2 cm³/mol. The maximum atomic E-state index is 9.44. The SMILES string of the molecule is Cc1nn(C)c(CN2C[C@@H](O)[C@@H](O)C2)c1Cl. The first-order chi connectivity index (χ1) is 7.49. The molecule has 1 aliphatic heterocycles. The maximum Gasteiger partial charge on any atom is 0.0938 e. The lowest BCUT2D eigenvalue weighted by Crippen LogP contribution is -2.23. The number of aryl methyl sites for hydroxylation is 2. The fraction of sp³-hybridized carbons (Fsp3) is 0.700. The van der Waals surface area contributed by atoms with Gasteiger partial charge in [-0.25, -0.2) is 0 Å². The molecule has 0 aliphatic carbocycles. The van der Waals surface area contributed by atoms with E-state index in [4.69, 9.17) is 11.6 Å². The molecule has 0 bridgehead atoms. The van der Waals surface area contributed by atoms with Crippen LogP contribution in [0.4, 0.5) is 0 Å². The highest BCUT2D eigenvalue weighted by Gasteiger charge is 2.30. The number of likely N-dealkylation sites (tertiary alicyclic amines) is 1. The van der Waals surface area contributed by atoms with E-state index >= 15 is 0 Å². The first-order valence-electron chi connectivity index (χ1n) is 5.25. The molecule has 1 fully saturated rings. The summed E-state index contributed by atoms with van der Waals surface area (Å²) in [7, 11) is 1.84. The highest BCUT2D eigenvalue weighted by molar-refractivity contribution is 6.31. The average Bonchev–Trinajstić information content (AvgIpc) is 2.63. The summed E-state index contributed by atoms with van der Waals surface area (Å²) in [6, 6.07) is 0. The molecule has 16 heavy (non-hydrogen) atoms. The molecule has 1 saturated heterocycles. The van der Waals surface area contributed by atoms with Crippen LogP contribution >= 0.6 is 11.6 Å². The third-order valence-corrected chi connectivity index (χ3v) is 3.46. The van der Waals surface area contributed by atoms with Crippen molar-refractivity contribution in [1.29, 1.82) is 0 Å². The van der Waals surface area contributed by atoms with Crippen LogP contribution in [-0.2, 0) is 13.6 Å². The molecule has 0 spiro atoms. The second kappa shape index (κ2) is 4.33. The van der Waals surface area contributed by atoms with Gasteiger partial charge in [0.2, 0.25) is 0 Å². The molecule has 0 aromatic carbocycles. The Hall–Kier alpha value is -0.620. The Balaban J connectivity index is 2.10. The Labute approximate surface area is 99.2 Å². The number of aliphatic hydroxyl groups is 2. The minimum absolute atomic E-state index is 0.474. The minimum Gasteiger partial charge on any atom is -0.389 e. The fourth-order valence-corrected chi connectivity index (χ4v) is 2.26. The third-order valence-electron chi connectivity index (χ3n) is 2.97. The van der Waals surface area contributed by atoms with Gasteiger partial charge in [0.15, 0.2) is 0 Å².